The molecular formula is C10H13N3OS. The van der Waals surface area contributed by atoms with Gasteiger partial charge in [-0.2, -0.15) is 0 Å². The largest absolute Gasteiger partial charge is 0.326 e. The van der Waals surface area contributed by atoms with Crippen LogP contribution in [0.15, 0.2) is 17.2 Å². The lowest BCUT2D eigenvalue weighted by Crippen LogP contribution is -2.19. The molecule has 0 unspecified atom stereocenters. The first-order valence-corrected chi connectivity index (χ1v) is 5.75. The van der Waals surface area contributed by atoms with E-state index in [0.29, 0.717) is 11.9 Å². The number of thiophene rings is 1. The molecule has 2 heterocycles. The van der Waals surface area contributed by atoms with E-state index in [4.69, 9.17) is 5.73 Å². The second-order valence-corrected chi connectivity index (χ2v) is 4.49. The number of hydrogen-bond donors (Lipinski definition) is 1. The Labute approximate surface area is 91.4 Å². The van der Waals surface area contributed by atoms with E-state index in [1.54, 1.807) is 10.9 Å². The SMILES string of the molecule is CCCn1cnc2sc(CN)cc2c1=O. The van der Waals surface area contributed by atoms with Gasteiger partial charge in [0.05, 0.1) is 11.7 Å². The molecule has 0 aliphatic heterocycles. The van der Waals surface area contributed by atoms with Gasteiger partial charge in [0.2, 0.25) is 0 Å². The second-order valence-electron chi connectivity index (χ2n) is 3.38. The van der Waals surface area contributed by atoms with E-state index < -0.39 is 0 Å². The Morgan fingerprint density at radius 2 is 2.40 bits per heavy atom. The average Bonchev–Trinajstić information content (AvgIpc) is 2.66. The molecule has 0 aliphatic carbocycles. The number of nitrogens with zero attached hydrogens (tertiary/aromatic N) is 2. The summed E-state index contributed by atoms with van der Waals surface area (Å²) in [6.07, 6.45) is 2.55. The minimum absolute atomic E-state index is 0.0396. The van der Waals surface area contributed by atoms with Crippen LogP contribution in [0.25, 0.3) is 10.2 Å². The molecule has 0 saturated carbocycles. The molecule has 0 bridgehead atoms. The van der Waals surface area contributed by atoms with Gasteiger partial charge < -0.3 is 5.73 Å². The van der Waals surface area contributed by atoms with Gasteiger partial charge in [-0.25, -0.2) is 4.98 Å². The van der Waals surface area contributed by atoms with Gasteiger partial charge in [0.1, 0.15) is 4.83 Å². The number of hydrogen-bond acceptors (Lipinski definition) is 4. The molecule has 0 radical (unpaired) electrons. The first-order valence-electron chi connectivity index (χ1n) is 4.94. The van der Waals surface area contributed by atoms with E-state index in [9.17, 15) is 4.79 Å². The smallest absolute Gasteiger partial charge is 0.262 e. The van der Waals surface area contributed by atoms with Gasteiger partial charge >= 0.3 is 0 Å². The third-order valence-electron chi connectivity index (χ3n) is 2.23. The predicted molar refractivity (Wildman–Crippen MR) is 62.1 cm³/mol. The lowest BCUT2D eigenvalue weighted by atomic mass is 10.3. The van der Waals surface area contributed by atoms with Crippen LogP contribution in [0.2, 0.25) is 0 Å². The molecule has 0 fully saturated rings. The molecule has 0 aromatic carbocycles. The number of rotatable bonds is 3. The van der Waals surface area contributed by atoms with E-state index in [-0.39, 0.29) is 5.56 Å². The average molecular weight is 223 g/mol. The van der Waals surface area contributed by atoms with Crippen LogP contribution in [0.1, 0.15) is 18.2 Å². The highest BCUT2D eigenvalue weighted by molar-refractivity contribution is 7.18. The molecular weight excluding hydrogens is 210 g/mol. The fourth-order valence-corrected chi connectivity index (χ4v) is 2.38. The van der Waals surface area contributed by atoms with Crippen LogP contribution in [0, 0.1) is 0 Å². The van der Waals surface area contributed by atoms with Crippen LogP contribution in [0.4, 0.5) is 0 Å². The minimum atomic E-state index is 0.0396. The monoisotopic (exact) mass is 223 g/mol. The predicted octanol–water partition coefficient (Wildman–Crippen LogP) is 1.33. The maximum Gasteiger partial charge on any atom is 0.262 e. The van der Waals surface area contributed by atoms with Crippen molar-refractivity contribution in [2.45, 2.75) is 26.4 Å². The third-order valence-corrected chi connectivity index (χ3v) is 3.30. The third kappa shape index (κ3) is 1.80. The van der Waals surface area contributed by atoms with Crippen molar-refractivity contribution in [2.24, 2.45) is 5.73 Å². The maximum absolute atomic E-state index is 11.9. The maximum atomic E-state index is 11.9. The number of nitrogens with two attached hydrogens (primary N) is 1. The van der Waals surface area contributed by atoms with Gasteiger partial charge in [0.15, 0.2) is 0 Å². The summed E-state index contributed by atoms with van der Waals surface area (Å²) in [5.41, 5.74) is 5.57. The molecule has 80 valence electrons. The molecule has 2 rings (SSSR count). The fraction of sp³-hybridized carbons (Fsp3) is 0.400. The molecule has 0 amide bonds. The Morgan fingerprint density at radius 3 is 3.07 bits per heavy atom. The molecule has 2 aromatic heterocycles. The topological polar surface area (TPSA) is 60.9 Å². The normalized spacial score (nSPS) is 11.1. The summed E-state index contributed by atoms with van der Waals surface area (Å²) in [6.45, 7) is 3.22. The Kier molecular flexibility index (Phi) is 2.83. The van der Waals surface area contributed by atoms with Crippen molar-refractivity contribution in [1.29, 1.82) is 0 Å². The van der Waals surface area contributed by atoms with Crippen LogP contribution in [-0.2, 0) is 13.1 Å². The fourth-order valence-electron chi connectivity index (χ4n) is 1.51. The molecule has 0 spiro atoms. The Hall–Kier alpha value is -1.20. The summed E-state index contributed by atoms with van der Waals surface area (Å²) in [4.78, 5) is 18.0. The molecule has 2 N–H and O–H groups in total. The van der Waals surface area contributed by atoms with Crippen molar-refractivity contribution < 1.29 is 0 Å². The van der Waals surface area contributed by atoms with Crippen LogP contribution < -0.4 is 11.3 Å². The quantitative estimate of drug-likeness (QED) is 0.853. The van der Waals surface area contributed by atoms with Crippen molar-refractivity contribution in [3.05, 3.63) is 27.6 Å². The number of aryl methyl sites for hydroxylation is 1. The van der Waals surface area contributed by atoms with E-state index in [0.717, 1.165) is 22.7 Å². The van der Waals surface area contributed by atoms with E-state index >= 15 is 0 Å². The summed E-state index contributed by atoms with van der Waals surface area (Å²) in [6, 6.07) is 1.85. The summed E-state index contributed by atoms with van der Waals surface area (Å²) >= 11 is 1.49. The van der Waals surface area contributed by atoms with Gasteiger partial charge in [0.25, 0.3) is 5.56 Å². The van der Waals surface area contributed by atoms with Crippen LogP contribution >= 0.6 is 11.3 Å². The van der Waals surface area contributed by atoms with Gasteiger partial charge in [-0.05, 0) is 12.5 Å². The van der Waals surface area contributed by atoms with Gasteiger partial charge in [0, 0.05) is 18.0 Å². The zero-order chi connectivity index (χ0) is 10.8. The van der Waals surface area contributed by atoms with Crippen LogP contribution in [-0.4, -0.2) is 9.55 Å². The Morgan fingerprint density at radius 1 is 1.60 bits per heavy atom. The molecule has 15 heavy (non-hydrogen) atoms. The summed E-state index contributed by atoms with van der Waals surface area (Å²) in [7, 11) is 0. The lowest BCUT2D eigenvalue weighted by Gasteiger charge is -2.01. The van der Waals surface area contributed by atoms with E-state index in [1.165, 1.54) is 11.3 Å². The highest BCUT2D eigenvalue weighted by Crippen LogP contribution is 2.19. The Bertz CT molecular complexity index is 529. The number of aromatic nitrogens is 2. The molecule has 5 heteroatoms. The van der Waals surface area contributed by atoms with Crippen molar-refractivity contribution in [2.75, 3.05) is 0 Å². The van der Waals surface area contributed by atoms with E-state index in [1.807, 2.05) is 13.0 Å². The highest BCUT2D eigenvalue weighted by atomic mass is 32.1. The van der Waals surface area contributed by atoms with Gasteiger partial charge in [-0.1, -0.05) is 6.92 Å². The van der Waals surface area contributed by atoms with Gasteiger partial charge in [-0.15, -0.1) is 11.3 Å². The van der Waals surface area contributed by atoms with Crippen LogP contribution in [0.5, 0.6) is 0 Å². The van der Waals surface area contributed by atoms with Crippen molar-refractivity contribution in [1.82, 2.24) is 9.55 Å². The van der Waals surface area contributed by atoms with E-state index in [2.05, 4.69) is 4.98 Å². The van der Waals surface area contributed by atoms with Crippen LogP contribution in [0.3, 0.4) is 0 Å². The molecule has 4 nitrogen and oxygen atoms in total. The van der Waals surface area contributed by atoms with Crippen molar-refractivity contribution >= 4 is 21.6 Å². The standard InChI is InChI=1S/C10H13N3OS/c1-2-3-13-6-12-9-8(10(13)14)4-7(5-11)15-9/h4,6H,2-3,5,11H2,1H3. The summed E-state index contributed by atoms with van der Waals surface area (Å²) in [5, 5.41) is 0.691. The number of fused-ring (bicyclic) bond motifs is 1. The minimum Gasteiger partial charge on any atom is -0.326 e. The zero-order valence-electron chi connectivity index (χ0n) is 8.56. The van der Waals surface area contributed by atoms with Crippen molar-refractivity contribution in [3.63, 3.8) is 0 Å². The highest BCUT2D eigenvalue weighted by Gasteiger charge is 2.07. The summed E-state index contributed by atoms with van der Waals surface area (Å²) in [5.74, 6) is 0. The lowest BCUT2D eigenvalue weighted by molar-refractivity contribution is 0.648. The Balaban J connectivity index is 2.62. The molecule has 0 saturated heterocycles. The molecule has 0 atom stereocenters. The van der Waals surface area contributed by atoms with Crippen molar-refractivity contribution in [3.8, 4) is 0 Å². The first-order chi connectivity index (χ1) is 7.26. The second kappa shape index (κ2) is 4.12. The molecule has 2 aromatic rings. The zero-order valence-corrected chi connectivity index (χ0v) is 9.38. The first kappa shape index (κ1) is 10.3. The summed E-state index contributed by atoms with van der Waals surface area (Å²) < 4.78 is 1.65. The molecule has 0 aliphatic rings. The van der Waals surface area contributed by atoms with Gasteiger partial charge in [-0.3, -0.25) is 9.36 Å².